The zero-order valence-electron chi connectivity index (χ0n) is 16.0. The van der Waals surface area contributed by atoms with Crippen molar-refractivity contribution in [2.24, 2.45) is 0 Å². The van der Waals surface area contributed by atoms with Gasteiger partial charge in [-0.1, -0.05) is 32.0 Å². The maximum atomic E-state index is 12.8. The number of carbonyl (C=O) groups excluding carboxylic acids is 1. The van der Waals surface area contributed by atoms with Crippen molar-refractivity contribution in [2.45, 2.75) is 58.9 Å². The minimum atomic E-state index is 0.000684. The summed E-state index contributed by atoms with van der Waals surface area (Å²) >= 11 is 0. The standard InChI is InChI=1S/C21H28N4O/c1-4-16-10-8-9-15(3)20(16)24-19-14-22-18(13-23-19)21(26)25-12-7-6-11-17(25)5-2/h8-10,13-14,17H,4-7,11-12H2,1-3H3,(H,23,24). The molecule has 2 heterocycles. The molecule has 0 bridgehead atoms. The van der Waals surface area contributed by atoms with Gasteiger partial charge in [0, 0.05) is 18.3 Å². The van der Waals surface area contributed by atoms with Crippen LogP contribution < -0.4 is 5.32 Å². The van der Waals surface area contributed by atoms with Crippen molar-refractivity contribution in [1.82, 2.24) is 14.9 Å². The number of amides is 1. The van der Waals surface area contributed by atoms with Gasteiger partial charge >= 0.3 is 0 Å². The molecule has 1 saturated heterocycles. The first-order valence-corrected chi connectivity index (χ1v) is 9.62. The molecule has 0 spiro atoms. The maximum Gasteiger partial charge on any atom is 0.274 e. The molecule has 1 aliphatic rings. The molecule has 26 heavy (non-hydrogen) atoms. The van der Waals surface area contributed by atoms with Crippen molar-refractivity contribution >= 4 is 17.4 Å². The molecule has 1 amide bonds. The Kier molecular flexibility index (Phi) is 5.86. The first kappa shape index (κ1) is 18.4. The number of carbonyl (C=O) groups is 1. The van der Waals surface area contributed by atoms with E-state index in [1.807, 2.05) is 4.90 Å². The van der Waals surface area contributed by atoms with E-state index in [9.17, 15) is 4.79 Å². The number of nitrogens with one attached hydrogen (secondary N) is 1. The Morgan fingerprint density at radius 2 is 2.08 bits per heavy atom. The fourth-order valence-electron chi connectivity index (χ4n) is 3.67. The average molecular weight is 352 g/mol. The third-order valence-corrected chi connectivity index (χ3v) is 5.22. The minimum Gasteiger partial charge on any atom is -0.339 e. The lowest BCUT2D eigenvalue weighted by Crippen LogP contribution is -2.43. The number of piperidine rings is 1. The maximum absolute atomic E-state index is 12.8. The number of rotatable bonds is 5. The number of aryl methyl sites for hydroxylation is 2. The zero-order chi connectivity index (χ0) is 18.5. The summed E-state index contributed by atoms with van der Waals surface area (Å²) in [7, 11) is 0. The highest BCUT2D eigenvalue weighted by molar-refractivity contribution is 5.92. The number of hydrogen-bond donors (Lipinski definition) is 1. The van der Waals surface area contributed by atoms with Crippen molar-refractivity contribution in [3.63, 3.8) is 0 Å². The number of hydrogen-bond acceptors (Lipinski definition) is 4. The molecule has 0 aliphatic carbocycles. The van der Waals surface area contributed by atoms with Crippen molar-refractivity contribution in [3.8, 4) is 0 Å². The van der Waals surface area contributed by atoms with Crippen LogP contribution in [0.3, 0.4) is 0 Å². The van der Waals surface area contributed by atoms with Gasteiger partial charge in [0.05, 0.1) is 12.4 Å². The molecule has 0 radical (unpaired) electrons. The molecular weight excluding hydrogens is 324 g/mol. The molecule has 1 aromatic carbocycles. The second-order valence-corrected chi connectivity index (χ2v) is 6.93. The van der Waals surface area contributed by atoms with Crippen LogP contribution >= 0.6 is 0 Å². The van der Waals surface area contributed by atoms with Gasteiger partial charge in [-0.3, -0.25) is 4.79 Å². The summed E-state index contributed by atoms with van der Waals surface area (Å²) in [6.45, 7) is 7.18. The summed E-state index contributed by atoms with van der Waals surface area (Å²) < 4.78 is 0. The zero-order valence-corrected chi connectivity index (χ0v) is 16.0. The molecule has 1 fully saturated rings. The highest BCUT2D eigenvalue weighted by Gasteiger charge is 2.27. The highest BCUT2D eigenvalue weighted by atomic mass is 16.2. The Bertz CT molecular complexity index is 757. The van der Waals surface area contributed by atoms with E-state index in [-0.39, 0.29) is 5.91 Å². The van der Waals surface area contributed by atoms with Crippen LogP contribution in [0.2, 0.25) is 0 Å². The Morgan fingerprint density at radius 1 is 1.23 bits per heavy atom. The van der Waals surface area contributed by atoms with Gasteiger partial charge in [-0.2, -0.15) is 0 Å². The van der Waals surface area contributed by atoms with Crippen LogP contribution in [0.5, 0.6) is 0 Å². The molecule has 0 saturated carbocycles. The van der Waals surface area contributed by atoms with Crippen LogP contribution in [0, 0.1) is 6.92 Å². The van der Waals surface area contributed by atoms with Crippen LogP contribution in [0.4, 0.5) is 11.5 Å². The van der Waals surface area contributed by atoms with Crippen LogP contribution in [0.25, 0.3) is 0 Å². The summed E-state index contributed by atoms with van der Waals surface area (Å²) in [5.74, 6) is 0.664. The first-order chi connectivity index (χ1) is 12.6. The Balaban J connectivity index is 1.76. The van der Waals surface area contributed by atoms with E-state index in [1.165, 1.54) is 17.5 Å². The Morgan fingerprint density at radius 3 is 2.77 bits per heavy atom. The number of nitrogens with zero attached hydrogens (tertiary/aromatic N) is 3. The van der Waals surface area contributed by atoms with Crippen LogP contribution in [-0.2, 0) is 6.42 Å². The van der Waals surface area contributed by atoms with Crippen LogP contribution in [0.1, 0.15) is 61.1 Å². The average Bonchev–Trinajstić information content (AvgIpc) is 2.69. The molecule has 5 nitrogen and oxygen atoms in total. The van der Waals surface area contributed by atoms with E-state index in [1.54, 1.807) is 12.4 Å². The first-order valence-electron chi connectivity index (χ1n) is 9.62. The molecule has 138 valence electrons. The largest absolute Gasteiger partial charge is 0.339 e. The SMILES string of the molecule is CCc1cccc(C)c1Nc1cnc(C(=O)N2CCCCC2CC)cn1. The van der Waals surface area contributed by atoms with Gasteiger partial charge in [0.15, 0.2) is 0 Å². The summed E-state index contributed by atoms with van der Waals surface area (Å²) in [6.07, 6.45) is 8.55. The highest BCUT2D eigenvalue weighted by Crippen LogP contribution is 2.25. The Hall–Kier alpha value is -2.43. The van der Waals surface area contributed by atoms with Gasteiger partial charge in [0.25, 0.3) is 5.91 Å². The molecule has 2 aromatic rings. The van der Waals surface area contributed by atoms with Crippen LogP contribution in [-0.4, -0.2) is 33.4 Å². The molecule has 1 atom stereocenters. The summed E-state index contributed by atoms with van der Waals surface area (Å²) in [6, 6.07) is 6.58. The van der Waals surface area contributed by atoms with Gasteiger partial charge in [0.1, 0.15) is 11.5 Å². The summed E-state index contributed by atoms with van der Waals surface area (Å²) in [5.41, 5.74) is 3.92. The monoisotopic (exact) mass is 352 g/mol. The van der Waals surface area contributed by atoms with Gasteiger partial charge in [-0.05, 0) is 50.2 Å². The molecule has 1 aromatic heterocycles. The minimum absolute atomic E-state index is 0.000684. The summed E-state index contributed by atoms with van der Waals surface area (Å²) in [5, 5.41) is 3.36. The van der Waals surface area contributed by atoms with Gasteiger partial charge in [-0.15, -0.1) is 0 Å². The predicted molar refractivity (Wildman–Crippen MR) is 105 cm³/mol. The lowest BCUT2D eigenvalue weighted by atomic mass is 10.00. The number of para-hydroxylation sites is 1. The van der Waals surface area contributed by atoms with E-state index in [4.69, 9.17) is 0 Å². The van der Waals surface area contributed by atoms with E-state index in [0.29, 0.717) is 17.6 Å². The number of likely N-dealkylation sites (tertiary alicyclic amines) is 1. The lowest BCUT2D eigenvalue weighted by molar-refractivity contribution is 0.0601. The van der Waals surface area contributed by atoms with Gasteiger partial charge in [0.2, 0.25) is 0 Å². The van der Waals surface area contributed by atoms with Crippen molar-refractivity contribution in [1.29, 1.82) is 0 Å². The number of aromatic nitrogens is 2. The van der Waals surface area contributed by atoms with Crippen molar-refractivity contribution in [2.75, 3.05) is 11.9 Å². The third kappa shape index (κ3) is 3.87. The quantitative estimate of drug-likeness (QED) is 0.861. The van der Waals surface area contributed by atoms with E-state index >= 15 is 0 Å². The van der Waals surface area contributed by atoms with Crippen molar-refractivity contribution in [3.05, 3.63) is 47.4 Å². The molecule has 1 N–H and O–H groups in total. The van der Waals surface area contributed by atoms with Crippen LogP contribution in [0.15, 0.2) is 30.6 Å². The third-order valence-electron chi connectivity index (χ3n) is 5.22. The van der Waals surface area contributed by atoms with Crippen molar-refractivity contribution < 1.29 is 4.79 Å². The van der Waals surface area contributed by atoms with Gasteiger partial charge < -0.3 is 10.2 Å². The van der Waals surface area contributed by atoms with Gasteiger partial charge in [-0.25, -0.2) is 9.97 Å². The number of anilines is 2. The second-order valence-electron chi connectivity index (χ2n) is 6.93. The second kappa shape index (κ2) is 8.30. The molecule has 1 unspecified atom stereocenters. The lowest BCUT2D eigenvalue weighted by Gasteiger charge is -2.34. The van der Waals surface area contributed by atoms with E-state index in [0.717, 1.165) is 37.9 Å². The smallest absolute Gasteiger partial charge is 0.274 e. The predicted octanol–water partition coefficient (Wildman–Crippen LogP) is 4.50. The number of benzene rings is 1. The normalized spacial score (nSPS) is 17.2. The molecule has 1 aliphatic heterocycles. The molecule has 3 rings (SSSR count). The van der Waals surface area contributed by atoms with E-state index in [2.05, 4.69) is 54.3 Å². The molecule has 5 heteroatoms. The van der Waals surface area contributed by atoms with E-state index < -0.39 is 0 Å². The molecular formula is C21H28N4O. The topological polar surface area (TPSA) is 58.1 Å². The Labute approximate surface area is 155 Å². The fourth-order valence-corrected chi connectivity index (χ4v) is 3.67. The fraction of sp³-hybridized carbons (Fsp3) is 0.476. The summed E-state index contributed by atoms with van der Waals surface area (Å²) in [4.78, 5) is 23.6.